The number of methoxy groups -OCH3 is 2. The molecule has 158 valence electrons. The van der Waals surface area contributed by atoms with E-state index in [-0.39, 0.29) is 28.9 Å². The molecule has 0 bridgehead atoms. The van der Waals surface area contributed by atoms with E-state index in [9.17, 15) is 26.8 Å². The minimum absolute atomic E-state index is 0.0479. The standard InChI is InChI=1S/C19H21F2NO6S/c1-12-4-6-14(7-5-12)29(25,26)22-11-13(10-17(24)28-3)15(18(22)19(20)21)8-9-16(23)27-2/h4-7,11,19H,8-10H2,1-3H3. The maximum absolute atomic E-state index is 13.9. The molecule has 0 saturated carbocycles. The first kappa shape index (κ1) is 22.5. The van der Waals surface area contributed by atoms with E-state index < -0.39 is 40.5 Å². The van der Waals surface area contributed by atoms with Gasteiger partial charge in [-0.15, -0.1) is 0 Å². The highest BCUT2D eigenvalue weighted by Crippen LogP contribution is 2.32. The molecular formula is C19H21F2NO6S. The van der Waals surface area contributed by atoms with Crippen molar-refractivity contribution < 1.29 is 36.3 Å². The summed E-state index contributed by atoms with van der Waals surface area (Å²) < 4.78 is 63.4. The first-order chi connectivity index (χ1) is 13.6. The molecule has 1 aromatic carbocycles. The van der Waals surface area contributed by atoms with Gasteiger partial charge < -0.3 is 9.47 Å². The molecule has 29 heavy (non-hydrogen) atoms. The monoisotopic (exact) mass is 429 g/mol. The van der Waals surface area contributed by atoms with Crippen LogP contribution in [0, 0.1) is 6.92 Å². The lowest BCUT2D eigenvalue weighted by Crippen LogP contribution is -2.16. The topological polar surface area (TPSA) is 91.7 Å². The van der Waals surface area contributed by atoms with Gasteiger partial charge >= 0.3 is 11.9 Å². The molecule has 0 N–H and O–H groups in total. The van der Waals surface area contributed by atoms with E-state index in [1.54, 1.807) is 19.1 Å². The molecule has 0 unspecified atom stereocenters. The Kier molecular flexibility index (Phi) is 7.12. The van der Waals surface area contributed by atoms with Crippen molar-refractivity contribution in [3.63, 3.8) is 0 Å². The number of rotatable bonds is 8. The lowest BCUT2D eigenvalue weighted by atomic mass is 10.0. The Morgan fingerprint density at radius 2 is 1.66 bits per heavy atom. The zero-order valence-electron chi connectivity index (χ0n) is 16.1. The van der Waals surface area contributed by atoms with Crippen LogP contribution >= 0.6 is 0 Å². The van der Waals surface area contributed by atoms with Gasteiger partial charge in [-0.05, 0) is 36.6 Å². The predicted octanol–water partition coefficient (Wildman–Crippen LogP) is 2.79. The molecule has 0 aliphatic carbocycles. The van der Waals surface area contributed by atoms with E-state index in [1.807, 2.05) is 0 Å². The van der Waals surface area contributed by atoms with Gasteiger partial charge in [0.05, 0.1) is 25.5 Å². The van der Waals surface area contributed by atoms with Crippen molar-refractivity contribution >= 4 is 22.0 Å². The van der Waals surface area contributed by atoms with Crippen molar-refractivity contribution in [2.24, 2.45) is 0 Å². The zero-order chi connectivity index (χ0) is 21.8. The molecule has 0 aliphatic heterocycles. The van der Waals surface area contributed by atoms with Gasteiger partial charge in [0.15, 0.2) is 0 Å². The van der Waals surface area contributed by atoms with Crippen LogP contribution in [0.5, 0.6) is 0 Å². The molecular weight excluding hydrogens is 408 g/mol. The number of hydrogen-bond acceptors (Lipinski definition) is 6. The van der Waals surface area contributed by atoms with Crippen LogP contribution in [0.4, 0.5) is 8.78 Å². The van der Waals surface area contributed by atoms with E-state index in [2.05, 4.69) is 9.47 Å². The number of nitrogens with zero attached hydrogens (tertiary/aromatic N) is 1. The highest BCUT2D eigenvalue weighted by atomic mass is 32.2. The smallest absolute Gasteiger partial charge is 0.310 e. The van der Waals surface area contributed by atoms with Crippen molar-refractivity contribution in [2.75, 3.05) is 14.2 Å². The summed E-state index contributed by atoms with van der Waals surface area (Å²) in [7, 11) is -2.07. The number of benzene rings is 1. The summed E-state index contributed by atoms with van der Waals surface area (Å²) in [5.74, 6) is -1.38. The molecule has 0 fully saturated rings. The Balaban J connectivity index is 2.65. The van der Waals surface area contributed by atoms with Crippen LogP contribution in [0.1, 0.15) is 35.2 Å². The summed E-state index contributed by atoms with van der Waals surface area (Å²) in [6.45, 7) is 1.76. The number of carbonyl (C=O) groups is 2. The summed E-state index contributed by atoms with van der Waals surface area (Å²) >= 11 is 0. The second kappa shape index (κ2) is 9.17. The van der Waals surface area contributed by atoms with E-state index in [0.717, 1.165) is 26.0 Å². The summed E-state index contributed by atoms with van der Waals surface area (Å²) in [5, 5.41) is 0. The van der Waals surface area contributed by atoms with Crippen molar-refractivity contribution in [1.29, 1.82) is 0 Å². The van der Waals surface area contributed by atoms with Crippen molar-refractivity contribution in [3.8, 4) is 0 Å². The van der Waals surface area contributed by atoms with Gasteiger partial charge in [0.25, 0.3) is 16.4 Å². The van der Waals surface area contributed by atoms with Gasteiger partial charge in [0.1, 0.15) is 5.69 Å². The van der Waals surface area contributed by atoms with E-state index in [4.69, 9.17) is 0 Å². The van der Waals surface area contributed by atoms with Gasteiger partial charge in [-0.1, -0.05) is 17.7 Å². The molecule has 0 aliphatic rings. The van der Waals surface area contributed by atoms with Crippen LogP contribution in [0.2, 0.25) is 0 Å². The minimum Gasteiger partial charge on any atom is -0.469 e. The molecule has 0 radical (unpaired) electrons. The van der Waals surface area contributed by atoms with Crippen molar-refractivity contribution in [3.05, 3.63) is 52.8 Å². The first-order valence-electron chi connectivity index (χ1n) is 8.58. The number of aryl methyl sites for hydroxylation is 1. The molecule has 1 heterocycles. The maximum Gasteiger partial charge on any atom is 0.310 e. The summed E-state index contributed by atoms with van der Waals surface area (Å²) in [4.78, 5) is 23.0. The lowest BCUT2D eigenvalue weighted by molar-refractivity contribution is -0.141. The molecule has 0 amide bonds. The van der Waals surface area contributed by atoms with Gasteiger partial charge in [-0.2, -0.15) is 0 Å². The number of esters is 2. The van der Waals surface area contributed by atoms with Crippen LogP contribution in [-0.2, 0) is 41.9 Å². The zero-order valence-corrected chi connectivity index (χ0v) is 17.0. The Bertz CT molecular complexity index is 996. The number of alkyl halides is 2. The molecule has 0 spiro atoms. The maximum atomic E-state index is 13.9. The van der Waals surface area contributed by atoms with Gasteiger partial charge in [-0.3, -0.25) is 9.59 Å². The van der Waals surface area contributed by atoms with Gasteiger partial charge in [-0.25, -0.2) is 21.2 Å². The van der Waals surface area contributed by atoms with E-state index >= 15 is 0 Å². The Morgan fingerprint density at radius 3 is 2.17 bits per heavy atom. The van der Waals surface area contributed by atoms with Crippen molar-refractivity contribution in [1.82, 2.24) is 3.97 Å². The molecule has 2 aromatic rings. The number of halogens is 2. The van der Waals surface area contributed by atoms with E-state index in [0.29, 0.717) is 3.97 Å². The van der Waals surface area contributed by atoms with E-state index in [1.165, 1.54) is 12.1 Å². The highest BCUT2D eigenvalue weighted by molar-refractivity contribution is 7.90. The average molecular weight is 429 g/mol. The van der Waals surface area contributed by atoms with Crippen LogP contribution in [0.25, 0.3) is 0 Å². The van der Waals surface area contributed by atoms with Crippen LogP contribution in [0.3, 0.4) is 0 Å². The minimum atomic E-state index is -4.35. The SMILES string of the molecule is COC(=O)CCc1c(CC(=O)OC)cn(S(=O)(=O)c2ccc(C)cc2)c1C(F)F. The molecule has 1 aromatic heterocycles. The van der Waals surface area contributed by atoms with Gasteiger partial charge in [0.2, 0.25) is 0 Å². The third-order valence-corrected chi connectivity index (χ3v) is 6.05. The molecule has 0 saturated heterocycles. The average Bonchev–Trinajstić information content (AvgIpc) is 3.05. The highest BCUT2D eigenvalue weighted by Gasteiger charge is 2.31. The fraction of sp³-hybridized carbons (Fsp3) is 0.368. The number of ether oxygens (including phenoxy) is 2. The van der Waals surface area contributed by atoms with Crippen LogP contribution in [0.15, 0.2) is 35.4 Å². The first-order valence-corrected chi connectivity index (χ1v) is 10.0. The largest absolute Gasteiger partial charge is 0.469 e. The predicted molar refractivity (Wildman–Crippen MR) is 99.2 cm³/mol. The molecule has 0 atom stereocenters. The number of hydrogen-bond donors (Lipinski definition) is 0. The molecule has 2 rings (SSSR count). The summed E-state index contributed by atoms with van der Waals surface area (Å²) in [6, 6.07) is 5.72. The third-order valence-electron chi connectivity index (χ3n) is 4.36. The number of aromatic nitrogens is 1. The van der Waals surface area contributed by atoms with Gasteiger partial charge in [0, 0.05) is 12.6 Å². The lowest BCUT2D eigenvalue weighted by Gasteiger charge is -2.12. The Morgan fingerprint density at radius 1 is 1.07 bits per heavy atom. The number of carbonyl (C=O) groups excluding carboxylic acids is 2. The quantitative estimate of drug-likeness (QED) is 0.600. The summed E-state index contributed by atoms with van der Waals surface area (Å²) in [6.07, 6.45) is -3.05. The Hall–Kier alpha value is -2.75. The molecule has 7 nitrogen and oxygen atoms in total. The normalized spacial score (nSPS) is 11.5. The second-order valence-corrected chi connectivity index (χ2v) is 8.08. The fourth-order valence-corrected chi connectivity index (χ4v) is 4.26. The van der Waals surface area contributed by atoms with Crippen LogP contribution in [-0.4, -0.2) is 38.5 Å². The van der Waals surface area contributed by atoms with Crippen LogP contribution < -0.4 is 0 Å². The fourth-order valence-electron chi connectivity index (χ4n) is 2.83. The third kappa shape index (κ3) is 5.00. The second-order valence-electron chi connectivity index (χ2n) is 6.26. The summed E-state index contributed by atoms with van der Waals surface area (Å²) in [5.41, 5.74) is -0.0257. The molecule has 10 heteroatoms. The van der Waals surface area contributed by atoms with Crippen molar-refractivity contribution in [2.45, 2.75) is 37.5 Å². The Labute approximate surface area is 167 Å².